The van der Waals surface area contributed by atoms with Gasteiger partial charge in [0.1, 0.15) is 12.2 Å². The van der Waals surface area contributed by atoms with Gasteiger partial charge in [-0.2, -0.15) is 18.3 Å². The zero-order valence-corrected chi connectivity index (χ0v) is 11.3. The number of ether oxygens (including phenoxy) is 1. The summed E-state index contributed by atoms with van der Waals surface area (Å²) in [5, 5.41) is 3.88. The van der Waals surface area contributed by atoms with Crippen molar-refractivity contribution in [2.45, 2.75) is 12.7 Å². The topological polar surface area (TPSA) is 54.7 Å². The summed E-state index contributed by atoms with van der Waals surface area (Å²) < 4.78 is 44.5. The lowest BCUT2D eigenvalue weighted by Crippen LogP contribution is -2.48. The zero-order chi connectivity index (χ0) is 14.9. The van der Waals surface area contributed by atoms with Crippen LogP contribution in [0.25, 0.3) is 5.69 Å². The summed E-state index contributed by atoms with van der Waals surface area (Å²) in [7, 11) is 1.39. The molecule has 4 nitrogen and oxygen atoms in total. The third-order valence-corrected chi connectivity index (χ3v) is 3.01. The number of benzene rings is 1. The third kappa shape index (κ3) is 2.59. The zero-order valence-electron chi connectivity index (χ0n) is 10.5. The summed E-state index contributed by atoms with van der Waals surface area (Å²) in [6, 6.07) is 5.74. The van der Waals surface area contributed by atoms with Crippen molar-refractivity contribution in [1.29, 1.82) is 0 Å². The van der Waals surface area contributed by atoms with Gasteiger partial charge in [0.15, 0.2) is 11.4 Å². The molecule has 0 amide bonds. The van der Waals surface area contributed by atoms with Crippen molar-refractivity contribution in [3.63, 3.8) is 0 Å². The van der Waals surface area contributed by atoms with Gasteiger partial charge < -0.3 is 10.5 Å². The van der Waals surface area contributed by atoms with E-state index in [1.165, 1.54) is 7.11 Å². The first-order valence-electron chi connectivity index (χ1n) is 5.66. The van der Waals surface area contributed by atoms with Gasteiger partial charge in [-0.1, -0.05) is 17.7 Å². The van der Waals surface area contributed by atoms with Gasteiger partial charge in [0.05, 0.1) is 17.8 Å². The Morgan fingerprint density at radius 2 is 2.10 bits per heavy atom. The molecule has 0 aliphatic heterocycles. The first-order chi connectivity index (χ1) is 9.38. The monoisotopic (exact) mass is 306 g/mol. The molecular formula is C12H12ClF3N3O+. The highest BCUT2D eigenvalue weighted by molar-refractivity contribution is 6.32. The second-order valence-electron chi connectivity index (χ2n) is 3.97. The number of nitrogens with zero attached hydrogens (tertiary/aromatic N) is 2. The summed E-state index contributed by atoms with van der Waals surface area (Å²) in [5.41, 5.74) is 3.30. The highest BCUT2D eigenvalue weighted by atomic mass is 35.5. The van der Waals surface area contributed by atoms with Gasteiger partial charge in [0, 0.05) is 0 Å². The van der Waals surface area contributed by atoms with E-state index in [-0.39, 0.29) is 12.3 Å². The molecule has 0 aliphatic carbocycles. The van der Waals surface area contributed by atoms with E-state index in [1.54, 1.807) is 18.2 Å². The van der Waals surface area contributed by atoms with Crippen molar-refractivity contribution in [1.82, 2.24) is 9.78 Å². The lowest BCUT2D eigenvalue weighted by atomic mass is 10.2. The number of hydrogen-bond donors (Lipinski definition) is 1. The second kappa shape index (κ2) is 5.34. The number of halogens is 4. The molecule has 8 heteroatoms. The lowest BCUT2D eigenvalue weighted by Gasteiger charge is -2.11. The number of methoxy groups -OCH3 is 1. The molecule has 20 heavy (non-hydrogen) atoms. The maximum absolute atomic E-state index is 12.7. The fourth-order valence-electron chi connectivity index (χ4n) is 1.81. The quantitative estimate of drug-likeness (QED) is 0.946. The Bertz CT molecular complexity index is 625. The standard InChI is InChI=1S/C12H11ClF3N3O/c1-20-11-8(13)3-2-4-9(11)19-7(6-17)5-10(18-19)12(14,15)16/h2-5H,6,17H2,1H3/p+1. The molecule has 2 aromatic rings. The fraction of sp³-hybridized carbons (Fsp3) is 0.250. The van der Waals surface area contributed by atoms with Crippen LogP contribution in [0.15, 0.2) is 24.3 Å². The molecule has 1 heterocycles. The Labute approximate surface area is 117 Å². The molecule has 0 saturated heterocycles. The minimum absolute atomic E-state index is 0.152. The highest BCUT2D eigenvalue weighted by Crippen LogP contribution is 2.34. The Kier molecular flexibility index (Phi) is 3.92. The molecule has 2 rings (SSSR count). The predicted molar refractivity (Wildman–Crippen MR) is 66.7 cm³/mol. The highest BCUT2D eigenvalue weighted by Gasteiger charge is 2.35. The van der Waals surface area contributed by atoms with Crippen LogP contribution in [0.4, 0.5) is 13.2 Å². The van der Waals surface area contributed by atoms with Gasteiger partial charge in [-0.05, 0) is 18.2 Å². The molecule has 1 aromatic carbocycles. The number of para-hydroxylation sites is 1. The molecule has 0 saturated carbocycles. The number of alkyl halides is 3. The van der Waals surface area contributed by atoms with Crippen LogP contribution in [-0.2, 0) is 12.7 Å². The van der Waals surface area contributed by atoms with Crippen molar-refractivity contribution >= 4 is 11.6 Å². The minimum atomic E-state index is -4.51. The summed E-state index contributed by atoms with van der Waals surface area (Å²) in [4.78, 5) is 0. The molecule has 0 spiro atoms. The Morgan fingerprint density at radius 1 is 1.40 bits per heavy atom. The third-order valence-electron chi connectivity index (χ3n) is 2.71. The average Bonchev–Trinajstić information content (AvgIpc) is 2.82. The maximum atomic E-state index is 12.7. The number of aromatic nitrogens is 2. The van der Waals surface area contributed by atoms with Gasteiger partial charge in [0.2, 0.25) is 0 Å². The lowest BCUT2D eigenvalue weighted by molar-refractivity contribution is -0.387. The first-order valence-corrected chi connectivity index (χ1v) is 6.04. The van der Waals surface area contributed by atoms with E-state index in [9.17, 15) is 13.2 Å². The Hall–Kier alpha value is -1.73. The van der Waals surface area contributed by atoms with E-state index in [4.69, 9.17) is 16.3 Å². The van der Waals surface area contributed by atoms with E-state index < -0.39 is 11.9 Å². The smallest absolute Gasteiger partial charge is 0.435 e. The van der Waals surface area contributed by atoms with Crippen LogP contribution in [-0.4, -0.2) is 16.9 Å². The first kappa shape index (κ1) is 14.7. The summed E-state index contributed by atoms with van der Waals surface area (Å²) in [5.74, 6) is 0.265. The van der Waals surface area contributed by atoms with Gasteiger partial charge >= 0.3 is 6.18 Å². The van der Waals surface area contributed by atoms with Crippen LogP contribution >= 0.6 is 11.6 Å². The molecule has 3 N–H and O–H groups in total. The largest absolute Gasteiger partial charge is 0.493 e. The molecule has 0 atom stereocenters. The molecule has 108 valence electrons. The summed E-state index contributed by atoms with van der Waals surface area (Å²) in [6.45, 7) is 0.152. The van der Waals surface area contributed by atoms with Crippen LogP contribution in [0, 0.1) is 0 Å². The van der Waals surface area contributed by atoms with Crippen LogP contribution in [0.3, 0.4) is 0 Å². The number of quaternary nitrogens is 1. The van der Waals surface area contributed by atoms with Crippen LogP contribution < -0.4 is 10.5 Å². The van der Waals surface area contributed by atoms with Crippen molar-refractivity contribution in [3.05, 3.63) is 40.7 Å². The van der Waals surface area contributed by atoms with Gasteiger partial charge in [-0.15, -0.1) is 0 Å². The molecule has 1 aromatic heterocycles. The van der Waals surface area contributed by atoms with Gasteiger partial charge in [0.25, 0.3) is 0 Å². The normalized spacial score (nSPS) is 11.7. The van der Waals surface area contributed by atoms with Crippen molar-refractivity contribution in [3.8, 4) is 11.4 Å². The summed E-state index contributed by atoms with van der Waals surface area (Å²) >= 11 is 5.97. The molecule has 0 aliphatic rings. The molecule has 0 fully saturated rings. The van der Waals surface area contributed by atoms with Crippen LogP contribution in [0.5, 0.6) is 5.75 Å². The predicted octanol–water partition coefficient (Wildman–Crippen LogP) is 2.29. The number of rotatable bonds is 3. The van der Waals surface area contributed by atoms with Crippen LogP contribution in [0.2, 0.25) is 5.02 Å². The molecular weight excluding hydrogens is 295 g/mol. The second-order valence-corrected chi connectivity index (χ2v) is 4.38. The minimum Gasteiger partial charge on any atom is -0.493 e. The van der Waals surface area contributed by atoms with Crippen molar-refractivity contribution in [2.24, 2.45) is 0 Å². The molecule has 0 unspecified atom stereocenters. The molecule has 0 bridgehead atoms. The van der Waals surface area contributed by atoms with E-state index in [0.29, 0.717) is 16.4 Å². The average molecular weight is 307 g/mol. The van der Waals surface area contributed by atoms with E-state index in [2.05, 4.69) is 10.8 Å². The maximum Gasteiger partial charge on any atom is 0.435 e. The SMILES string of the molecule is COc1c(Cl)cccc1-n1nc(C(F)(F)F)cc1C[NH3+]. The van der Waals surface area contributed by atoms with E-state index in [0.717, 1.165) is 10.7 Å². The molecule has 0 radical (unpaired) electrons. The van der Waals surface area contributed by atoms with Gasteiger partial charge in [-0.3, -0.25) is 0 Å². The number of hydrogen-bond acceptors (Lipinski definition) is 2. The van der Waals surface area contributed by atoms with Gasteiger partial charge in [-0.25, -0.2) is 4.68 Å². The van der Waals surface area contributed by atoms with Crippen molar-refractivity contribution < 1.29 is 23.6 Å². The Morgan fingerprint density at radius 3 is 2.65 bits per heavy atom. The van der Waals surface area contributed by atoms with Crippen LogP contribution in [0.1, 0.15) is 11.4 Å². The summed E-state index contributed by atoms with van der Waals surface area (Å²) in [6.07, 6.45) is -4.51. The van der Waals surface area contributed by atoms with E-state index in [1.807, 2.05) is 0 Å². The fourth-order valence-corrected chi connectivity index (χ4v) is 2.06. The van der Waals surface area contributed by atoms with E-state index >= 15 is 0 Å². The van der Waals surface area contributed by atoms with Crippen molar-refractivity contribution in [2.75, 3.05) is 7.11 Å². The Balaban J connectivity index is 2.64.